The molecule has 1 atom stereocenters. The second-order valence-corrected chi connectivity index (χ2v) is 3.40. The van der Waals surface area contributed by atoms with Crippen molar-refractivity contribution in [1.29, 1.82) is 0 Å². The average Bonchev–Trinajstić information content (AvgIpc) is 2.18. The topological polar surface area (TPSA) is 89.4 Å². The van der Waals surface area contributed by atoms with Gasteiger partial charge in [0.15, 0.2) is 5.75 Å². The number of phenols is 1. The third kappa shape index (κ3) is 3.36. The van der Waals surface area contributed by atoms with Crippen LogP contribution in [0.25, 0.3) is 0 Å². The molecular weight excluding hydrogens is 232 g/mol. The molecule has 0 aliphatic rings. The van der Waals surface area contributed by atoms with E-state index in [1.165, 1.54) is 12.1 Å². The quantitative estimate of drug-likeness (QED) is 0.631. The zero-order chi connectivity index (χ0) is 11.4. The predicted molar refractivity (Wildman–Crippen MR) is 63.8 cm³/mol. The summed E-state index contributed by atoms with van der Waals surface area (Å²) in [6.45, 7) is 1.99. The molecular formula is C10H15ClN2O3. The highest BCUT2D eigenvalue weighted by Gasteiger charge is 2.15. The fourth-order valence-corrected chi connectivity index (χ4v) is 1.40. The monoisotopic (exact) mass is 246 g/mol. The Kier molecular flexibility index (Phi) is 5.77. The van der Waals surface area contributed by atoms with Crippen LogP contribution < -0.4 is 5.73 Å². The molecule has 0 aliphatic heterocycles. The van der Waals surface area contributed by atoms with Crippen molar-refractivity contribution < 1.29 is 10.0 Å². The first-order chi connectivity index (χ1) is 7.06. The first-order valence-electron chi connectivity index (χ1n) is 4.79. The second-order valence-electron chi connectivity index (χ2n) is 3.40. The number of nitrogens with zero attached hydrogens (tertiary/aromatic N) is 1. The molecule has 0 fully saturated rings. The van der Waals surface area contributed by atoms with E-state index >= 15 is 0 Å². The van der Waals surface area contributed by atoms with Gasteiger partial charge in [0.25, 0.3) is 0 Å². The third-order valence-corrected chi connectivity index (χ3v) is 2.22. The van der Waals surface area contributed by atoms with Crippen LogP contribution in [-0.4, -0.2) is 10.0 Å². The SMILES string of the molecule is CCC[C@@H](N)c1ccc(O)c([N+](=O)[O-])c1.Cl. The van der Waals surface area contributed by atoms with Crippen molar-refractivity contribution in [1.82, 2.24) is 0 Å². The number of phenolic OH excluding ortho intramolecular Hbond substituents is 1. The van der Waals surface area contributed by atoms with Crippen LogP contribution in [0.5, 0.6) is 5.75 Å². The lowest BCUT2D eigenvalue weighted by Crippen LogP contribution is -2.09. The van der Waals surface area contributed by atoms with E-state index in [2.05, 4.69) is 0 Å². The molecule has 0 radical (unpaired) electrons. The largest absolute Gasteiger partial charge is 0.502 e. The van der Waals surface area contributed by atoms with Gasteiger partial charge in [-0.1, -0.05) is 19.4 Å². The van der Waals surface area contributed by atoms with Gasteiger partial charge in [-0.15, -0.1) is 12.4 Å². The Morgan fingerprint density at radius 3 is 2.69 bits per heavy atom. The second kappa shape index (κ2) is 6.30. The number of benzene rings is 1. The van der Waals surface area contributed by atoms with Crippen LogP contribution in [0.1, 0.15) is 31.4 Å². The van der Waals surface area contributed by atoms with E-state index in [1.807, 2.05) is 6.92 Å². The molecule has 0 saturated carbocycles. The molecule has 0 heterocycles. The van der Waals surface area contributed by atoms with E-state index in [0.29, 0.717) is 5.56 Å². The Balaban J connectivity index is 0.00000225. The molecule has 5 nitrogen and oxygen atoms in total. The van der Waals surface area contributed by atoms with Crippen LogP contribution in [0, 0.1) is 10.1 Å². The van der Waals surface area contributed by atoms with Crippen LogP contribution >= 0.6 is 12.4 Å². The third-order valence-electron chi connectivity index (χ3n) is 2.22. The maximum absolute atomic E-state index is 10.6. The van der Waals surface area contributed by atoms with Gasteiger partial charge in [0.2, 0.25) is 0 Å². The van der Waals surface area contributed by atoms with Crippen LogP contribution in [0.2, 0.25) is 0 Å². The van der Waals surface area contributed by atoms with Gasteiger partial charge in [-0.25, -0.2) is 0 Å². The van der Waals surface area contributed by atoms with Gasteiger partial charge in [-0.05, 0) is 18.1 Å². The number of nitrogens with two attached hydrogens (primary N) is 1. The minimum absolute atomic E-state index is 0. The zero-order valence-corrected chi connectivity index (χ0v) is 9.74. The minimum atomic E-state index is -0.614. The normalized spacial score (nSPS) is 11.6. The average molecular weight is 247 g/mol. The van der Waals surface area contributed by atoms with Crippen molar-refractivity contribution in [2.45, 2.75) is 25.8 Å². The molecule has 16 heavy (non-hydrogen) atoms. The molecule has 1 rings (SSSR count). The van der Waals surface area contributed by atoms with E-state index in [1.54, 1.807) is 6.07 Å². The Bertz CT molecular complexity index is 371. The molecule has 0 saturated heterocycles. The van der Waals surface area contributed by atoms with Crippen molar-refractivity contribution in [3.05, 3.63) is 33.9 Å². The van der Waals surface area contributed by atoms with Gasteiger partial charge >= 0.3 is 5.69 Å². The molecule has 0 amide bonds. The van der Waals surface area contributed by atoms with Crippen molar-refractivity contribution in [2.75, 3.05) is 0 Å². The van der Waals surface area contributed by atoms with Crippen LogP contribution in [0.15, 0.2) is 18.2 Å². The number of halogens is 1. The lowest BCUT2D eigenvalue weighted by Gasteiger charge is -2.10. The van der Waals surface area contributed by atoms with Crippen LogP contribution in [-0.2, 0) is 0 Å². The van der Waals surface area contributed by atoms with Gasteiger partial charge in [0, 0.05) is 12.1 Å². The van der Waals surface area contributed by atoms with Crippen molar-refractivity contribution >= 4 is 18.1 Å². The Morgan fingerprint density at radius 2 is 2.19 bits per heavy atom. The van der Waals surface area contributed by atoms with Crippen molar-refractivity contribution in [2.24, 2.45) is 5.73 Å². The summed E-state index contributed by atoms with van der Waals surface area (Å²) in [5.74, 6) is -0.326. The van der Waals surface area contributed by atoms with Gasteiger partial charge in [0.1, 0.15) is 0 Å². The molecule has 0 aromatic heterocycles. The summed E-state index contributed by atoms with van der Waals surface area (Å²) < 4.78 is 0. The number of nitro groups is 1. The van der Waals surface area contributed by atoms with Gasteiger partial charge in [-0.2, -0.15) is 0 Å². The summed E-state index contributed by atoms with van der Waals surface area (Å²) in [5.41, 5.74) is 6.21. The molecule has 0 bridgehead atoms. The summed E-state index contributed by atoms with van der Waals surface area (Å²) in [6.07, 6.45) is 1.68. The number of aromatic hydroxyl groups is 1. The van der Waals surface area contributed by atoms with E-state index in [0.717, 1.165) is 12.8 Å². The molecule has 90 valence electrons. The molecule has 1 aromatic carbocycles. The van der Waals surface area contributed by atoms with Crippen molar-refractivity contribution in [3.8, 4) is 5.75 Å². The number of rotatable bonds is 4. The lowest BCUT2D eigenvalue weighted by atomic mass is 10.0. The zero-order valence-electron chi connectivity index (χ0n) is 8.92. The number of hydrogen-bond acceptors (Lipinski definition) is 4. The minimum Gasteiger partial charge on any atom is -0.502 e. The van der Waals surface area contributed by atoms with Crippen LogP contribution in [0.3, 0.4) is 0 Å². The molecule has 1 aromatic rings. The maximum atomic E-state index is 10.6. The predicted octanol–water partition coefficient (Wildman–Crippen LogP) is 2.52. The van der Waals surface area contributed by atoms with E-state index < -0.39 is 4.92 Å². The van der Waals surface area contributed by atoms with Gasteiger partial charge in [0.05, 0.1) is 4.92 Å². The molecule has 6 heteroatoms. The fraction of sp³-hybridized carbons (Fsp3) is 0.400. The Morgan fingerprint density at radius 1 is 1.56 bits per heavy atom. The molecule has 0 spiro atoms. The summed E-state index contributed by atoms with van der Waals surface area (Å²) in [7, 11) is 0. The standard InChI is InChI=1S/C10H14N2O3.ClH/c1-2-3-8(11)7-4-5-10(13)9(6-7)12(14)15;/h4-6,8,13H,2-3,11H2,1H3;1H/t8-;/m1./s1. The first-order valence-corrected chi connectivity index (χ1v) is 4.79. The molecule has 0 aliphatic carbocycles. The lowest BCUT2D eigenvalue weighted by molar-refractivity contribution is -0.385. The van der Waals surface area contributed by atoms with Crippen molar-refractivity contribution in [3.63, 3.8) is 0 Å². The highest BCUT2D eigenvalue weighted by molar-refractivity contribution is 5.85. The van der Waals surface area contributed by atoms with E-state index in [-0.39, 0.29) is 29.9 Å². The fourth-order valence-electron chi connectivity index (χ4n) is 1.40. The van der Waals surface area contributed by atoms with Crippen LogP contribution in [0.4, 0.5) is 5.69 Å². The number of nitro benzene ring substituents is 1. The highest BCUT2D eigenvalue weighted by Crippen LogP contribution is 2.29. The first kappa shape index (κ1) is 14.7. The number of hydrogen-bond donors (Lipinski definition) is 2. The Hall–Kier alpha value is -1.33. The summed E-state index contributed by atoms with van der Waals surface area (Å²) in [4.78, 5) is 9.95. The summed E-state index contributed by atoms with van der Waals surface area (Å²) >= 11 is 0. The van der Waals surface area contributed by atoms with Gasteiger partial charge < -0.3 is 10.8 Å². The van der Waals surface area contributed by atoms with E-state index in [9.17, 15) is 15.2 Å². The molecule has 3 N–H and O–H groups in total. The highest BCUT2D eigenvalue weighted by atomic mass is 35.5. The summed E-state index contributed by atoms with van der Waals surface area (Å²) in [5, 5.41) is 19.8. The Labute approximate surface area is 99.8 Å². The smallest absolute Gasteiger partial charge is 0.311 e. The maximum Gasteiger partial charge on any atom is 0.311 e. The van der Waals surface area contributed by atoms with Gasteiger partial charge in [-0.3, -0.25) is 10.1 Å². The summed E-state index contributed by atoms with van der Waals surface area (Å²) in [6, 6.07) is 4.04. The molecule has 0 unspecified atom stereocenters. The van der Waals surface area contributed by atoms with E-state index in [4.69, 9.17) is 5.73 Å².